The van der Waals surface area contributed by atoms with E-state index in [9.17, 15) is 19.0 Å². The van der Waals surface area contributed by atoms with Crippen molar-refractivity contribution in [3.63, 3.8) is 0 Å². The van der Waals surface area contributed by atoms with Gasteiger partial charge in [-0.3, -0.25) is 18.6 Å². The van der Waals surface area contributed by atoms with Gasteiger partial charge in [0.1, 0.15) is 6.61 Å². The van der Waals surface area contributed by atoms with Crippen molar-refractivity contribution in [2.24, 2.45) is 5.73 Å². The quantitative estimate of drug-likeness (QED) is 0.0866. The molecule has 0 aliphatic carbocycles. The van der Waals surface area contributed by atoms with Crippen LogP contribution in [0.25, 0.3) is 0 Å². The van der Waals surface area contributed by atoms with E-state index < -0.39 is 32.5 Å². The average molecular weight is 518 g/mol. The minimum Gasteiger partial charge on any atom is -0.462 e. The smallest absolute Gasteiger partial charge is 0.462 e. The molecule has 0 bridgehead atoms. The molecule has 0 fully saturated rings. The van der Waals surface area contributed by atoms with Crippen molar-refractivity contribution in [1.29, 1.82) is 0 Å². The Morgan fingerprint density at radius 3 is 2.20 bits per heavy atom. The van der Waals surface area contributed by atoms with Crippen LogP contribution in [-0.4, -0.2) is 49.3 Å². The lowest BCUT2D eigenvalue weighted by molar-refractivity contribution is -0.160. The number of phosphoric ester groups is 1. The Morgan fingerprint density at radius 2 is 1.54 bits per heavy atom. The summed E-state index contributed by atoms with van der Waals surface area (Å²) in [5, 5.41) is 0. The lowest BCUT2D eigenvalue weighted by atomic mass is 10.1. The van der Waals surface area contributed by atoms with Crippen LogP contribution in [0.3, 0.4) is 0 Å². The molecule has 0 aliphatic heterocycles. The molecule has 0 saturated carbocycles. The summed E-state index contributed by atoms with van der Waals surface area (Å²) in [7, 11) is -4.33. The summed E-state index contributed by atoms with van der Waals surface area (Å²) in [6.07, 6.45) is 21.2. The zero-order valence-corrected chi connectivity index (χ0v) is 22.2. The van der Waals surface area contributed by atoms with Crippen LogP contribution in [0.5, 0.6) is 0 Å². The van der Waals surface area contributed by atoms with Crippen molar-refractivity contribution in [2.75, 3.05) is 26.4 Å². The summed E-state index contributed by atoms with van der Waals surface area (Å²) < 4.78 is 31.3. The zero-order valence-electron chi connectivity index (χ0n) is 21.3. The molecule has 0 heterocycles. The number of esters is 2. The Balaban J connectivity index is 4.01. The van der Waals surface area contributed by atoms with Gasteiger partial charge in [-0.1, -0.05) is 62.6 Å². The van der Waals surface area contributed by atoms with E-state index in [0.29, 0.717) is 6.42 Å². The number of unbranched alkanes of at least 4 members (excludes halogenated alkanes) is 5. The van der Waals surface area contributed by atoms with Gasteiger partial charge in [0.15, 0.2) is 6.10 Å². The second kappa shape index (κ2) is 22.7. The van der Waals surface area contributed by atoms with Gasteiger partial charge in [-0.25, -0.2) is 4.57 Å². The maximum atomic E-state index is 12.1. The standard InChI is InChI=1S/C25H44NO8P/c1-3-4-5-6-7-8-9-10-11-12-13-14-15-16-17-18-25(28)34-24(21-31-23(2)27)22-33-35(29,30)32-20-19-26/h4-5,7-8,10-11,24H,3,6,9,12-22,26H2,1-2H3,(H,29,30)/b5-4-,8-7-,11-10-. The summed E-state index contributed by atoms with van der Waals surface area (Å²) >= 11 is 0. The molecule has 9 nitrogen and oxygen atoms in total. The Hall–Kier alpha value is -1.77. The minimum atomic E-state index is -4.33. The van der Waals surface area contributed by atoms with E-state index in [1.54, 1.807) is 0 Å². The Morgan fingerprint density at radius 1 is 0.914 bits per heavy atom. The van der Waals surface area contributed by atoms with Crippen LogP contribution in [0.2, 0.25) is 0 Å². The number of allylic oxidation sites excluding steroid dienone is 6. The van der Waals surface area contributed by atoms with Gasteiger partial charge in [0.25, 0.3) is 0 Å². The number of ether oxygens (including phenoxy) is 2. The highest BCUT2D eigenvalue weighted by Gasteiger charge is 2.25. The van der Waals surface area contributed by atoms with Gasteiger partial charge in [-0.05, 0) is 38.5 Å². The van der Waals surface area contributed by atoms with Gasteiger partial charge in [-0.15, -0.1) is 0 Å². The number of phosphoric acid groups is 1. The maximum Gasteiger partial charge on any atom is 0.472 e. The van der Waals surface area contributed by atoms with Gasteiger partial charge in [-0.2, -0.15) is 0 Å². The fourth-order valence-electron chi connectivity index (χ4n) is 2.84. The maximum absolute atomic E-state index is 12.1. The first-order valence-electron chi connectivity index (χ1n) is 12.4. The molecule has 0 spiro atoms. The summed E-state index contributed by atoms with van der Waals surface area (Å²) in [6.45, 7) is 2.50. The summed E-state index contributed by atoms with van der Waals surface area (Å²) in [5.74, 6) is -1.05. The Kier molecular flexibility index (Phi) is 21.5. The van der Waals surface area contributed by atoms with E-state index in [-0.39, 0.29) is 26.2 Å². The summed E-state index contributed by atoms with van der Waals surface area (Å²) in [4.78, 5) is 32.7. The molecule has 2 unspecified atom stereocenters. The van der Waals surface area contributed by atoms with E-state index in [1.807, 2.05) is 0 Å². The van der Waals surface area contributed by atoms with Crippen LogP contribution < -0.4 is 5.73 Å². The van der Waals surface area contributed by atoms with Crippen LogP contribution in [-0.2, 0) is 32.7 Å². The monoisotopic (exact) mass is 517 g/mol. The first-order chi connectivity index (χ1) is 16.8. The van der Waals surface area contributed by atoms with Gasteiger partial charge >= 0.3 is 19.8 Å². The molecule has 3 N–H and O–H groups in total. The van der Waals surface area contributed by atoms with E-state index in [2.05, 4.69) is 47.9 Å². The second-order valence-electron chi connectivity index (χ2n) is 7.90. The SMILES string of the molecule is CC/C=C\C/C=C\C/C=C\CCCCCCCC(=O)OC(COC(C)=O)COP(=O)(O)OCCN. The van der Waals surface area contributed by atoms with Crippen molar-refractivity contribution >= 4 is 19.8 Å². The molecule has 0 aromatic heterocycles. The van der Waals surface area contributed by atoms with E-state index in [1.165, 1.54) is 6.92 Å². The molecular formula is C25H44NO8P. The number of rotatable bonds is 22. The van der Waals surface area contributed by atoms with Gasteiger partial charge < -0.3 is 20.1 Å². The van der Waals surface area contributed by atoms with Gasteiger partial charge in [0.05, 0.1) is 13.2 Å². The highest BCUT2D eigenvalue weighted by molar-refractivity contribution is 7.47. The van der Waals surface area contributed by atoms with Crippen LogP contribution in [0.1, 0.15) is 78.1 Å². The Bertz CT molecular complexity index is 693. The Labute approximate surface area is 210 Å². The second-order valence-corrected chi connectivity index (χ2v) is 9.35. The van der Waals surface area contributed by atoms with Crippen LogP contribution >= 0.6 is 7.82 Å². The lowest BCUT2D eigenvalue weighted by Gasteiger charge is -2.19. The molecule has 0 radical (unpaired) electrons. The van der Waals surface area contributed by atoms with Crippen molar-refractivity contribution < 1.29 is 37.6 Å². The average Bonchev–Trinajstić information content (AvgIpc) is 2.82. The minimum absolute atomic E-state index is 0.0471. The van der Waals surface area contributed by atoms with Crippen molar-refractivity contribution in [2.45, 2.75) is 84.2 Å². The molecule has 0 rings (SSSR count). The first kappa shape index (κ1) is 33.2. The van der Waals surface area contributed by atoms with E-state index in [0.717, 1.165) is 51.4 Å². The molecule has 0 aromatic rings. The predicted octanol–water partition coefficient (Wildman–Crippen LogP) is 5.14. The molecule has 0 amide bonds. The normalized spacial score (nSPS) is 14.5. The number of carbonyl (C=O) groups excluding carboxylic acids is 2. The molecule has 2 atom stereocenters. The van der Waals surface area contributed by atoms with E-state index in [4.69, 9.17) is 19.7 Å². The number of nitrogens with two attached hydrogens (primary N) is 1. The van der Waals surface area contributed by atoms with Crippen LogP contribution in [0.4, 0.5) is 0 Å². The third-order valence-electron chi connectivity index (χ3n) is 4.60. The zero-order chi connectivity index (χ0) is 26.2. The van der Waals surface area contributed by atoms with Gasteiger partial charge in [0, 0.05) is 19.9 Å². The summed E-state index contributed by atoms with van der Waals surface area (Å²) in [5.41, 5.74) is 5.22. The summed E-state index contributed by atoms with van der Waals surface area (Å²) in [6, 6.07) is 0. The first-order valence-corrected chi connectivity index (χ1v) is 13.9. The molecule has 10 heteroatoms. The third kappa shape index (κ3) is 23.7. The number of carbonyl (C=O) groups is 2. The third-order valence-corrected chi connectivity index (χ3v) is 5.58. The van der Waals surface area contributed by atoms with Gasteiger partial charge in [0.2, 0.25) is 0 Å². The largest absolute Gasteiger partial charge is 0.472 e. The van der Waals surface area contributed by atoms with Crippen molar-refractivity contribution in [3.8, 4) is 0 Å². The number of hydrogen-bond acceptors (Lipinski definition) is 8. The van der Waals surface area contributed by atoms with Crippen molar-refractivity contribution in [3.05, 3.63) is 36.5 Å². The molecular weight excluding hydrogens is 473 g/mol. The molecule has 0 saturated heterocycles. The fraction of sp³-hybridized carbons (Fsp3) is 0.680. The highest BCUT2D eigenvalue weighted by Crippen LogP contribution is 2.43. The fourth-order valence-corrected chi connectivity index (χ4v) is 3.61. The van der Waals surface area contributed by atoms with Crippen LogP contribution in [0, 0.1) is 0 Å². The number of hydrogen-bond donors (Lipinski definition) is 2. The molecule has 0 aliphatic rings. The molecule has 35 heavy (non-hydrogen) atoms. The molecule has 0 aromatic carbocycles. The topological polar surface area (TPSA) is 134 Å². The molecule has 202 valence electrons. The van der Waals surface area contributed by atoms with E-state index >= 15 is 0 Å². The predicted molar refractivity (Wildman–Crippen MR) is 137 cm³/mol. The van der Waals surface area contributed by atoms with Crippen LogP contribution in [0.15, 0.2) is 36.5 Å². The lowest BCUT2D eigenvalue weighted by Crippen LogP contribution is -2.29. The van der Waals surface area contributed by atoms with Crippen molar-refractivity contribution in [1.82, 2.24) is 0 Å². The highest BCUT2D eigenvalue weighted by atomic mass is 31.2.